The summed E-state index contributed by atoms with van der Waals surface area (Å²) >= 11 is 0. The van der Waals surface area contributed by atoms with Gasteiger partial charge in [0, 0.05) is 18.2 Å². The summed E-state index contributed by atoms with van der Waals surface area (Å²) in [4.78, 5) is 23.5. The minimum Gasteiger partial charge on any atom is -0.393 e. The van der Waals surface area contributed by atoms with E-state index in [1.54, 1.807) is 6.92 Å². The summed E-state index contributed by atoms with van der Waals surface area (Å²) in [6, 6.07) is 2.44. The van der Waals surface area contributed by atoms with Crippen LogP contribution in [0.25, 0.3) is 0 Å². The Morgan fingerprint density at radius 1 is 1.17 bits per heavy atom. The highest BCUT2D eigenvalue weighted by molar-refractivity contribution is 5.96. The highest BCUT2D eigenvalue weighted by atomic mass is 19.1. The molecule has 1 aromatic carbocycles. The van der Waals surface area contributed by atoms with Gasteiger partial charge in [-0.05, 0) is 30.9 Å². The molecule has 0 spiro atoms. The van der Waals surface area contributed by atoms with Crippen molar-refractivity contribution < 1.29 is 23.5 Å². The summed E-state index contributed by atoms with van der Waals surface area (Å²) in [5.74, 6) is -2.88. The molecule has 0 aliphatic rings. The molecule has 1 unspecified atom stereocenters. The van der Waals surface area contributed by atoms with Gasteiger partial charge in [-0.25, -0.2) is 8.78 Å². The lowest BCUT2D eigenvalue weighted by Crippen LogP contribution is -2.41. The molecule has 0 aliphatic heterocycles. The molecule has 0 aromatic heterocycles. The van der Waals surface area contributed by atoms with Crippen LogP contribution in [0.5, 0.6) is 0 Å². The third-order valence-electron chi connectivity index (χ3n) is 3.15. The van der Waals surface area contributed by atoms with Crippen LogP contribution in [-0.4, -0.2) is 36.1 Å². The SMILES string of the molecule is CC(O)CC(C)(C)CNC(=O)CNC(=O)c1cc(F)cc(F)c1. The molecule has 1 aromatic rings. The molecule has 3 N–H and O–H groups in total. The second-order valence-electron chi connectivity index (χ2n) is 6.33. The maximum Gasteiger partial charge on any atom is 0.251 e. The van der Waals surface area contributed by atoms with Gasteiger partial charge in [0.2, 0.25) is 5.91 Å². The molecular formula is C16H22F2N2O3. The van der Waals surface area contributed by atoms with Crippen molar-refractivity contribution in [2.24, 2.45) is 5.41 Å². The summed E-state index contributed by atoms with van der Waals surface area (Å²) in [5.41, 5.74) is -0.482. The van der Waals surface area contributed by atoms with Gasteiger partial charge in [0.15, 0.2) is 0 Å². The van der Waals surface area contributed by atoms with Gasteiger partial charge in [-0.2, -0.15) is 0 Å². The van der Waals surface area contributed by atoms with E-state index in [4.69, 9.17) is 0 Å². The zero-order chi connectivity index (χ0) is 17.6. The Morgan fingerprint density at radius 2 is 1.74 bits per heavy atom. The van der Waals surface area contributed by atoms with Crippen molar-refractivity contribution in [1.29, 1.82) is 0 Å². The fourth-order valence-electron chi connectivity index (χ4n) is 2.22. The molecular weight excluding hydrogens is 306 g/mol. The van der Waals surface area contributed by atoms with E-state index in [9.17, 15) is 23.5 Å². The maximum absolute atomic E-state index is 13.0. The number of benzene rings is 1. The van der Waals surface area contributed by atoms with Gasteiger partial charge in [-0.3, -0.25) is 9.59 Å². The lowest BCUT2D eigenvalue weighted by Gasteiger charge is -2.26. The van der Waals surface area contributed by atoms with Crippen molar-refractivity contribution in [3.8, 4) is 0 Å². The van der Waals surface area contributed by atoms with E-state index in [1.807, 2.05) is 13.8 Å². The van der Waals surface area contributed by atoms with Crippen molar-refractivity contribution in [3.63, 3.8) is 0 Å². The molecule has 0 radical (unpaired) electrons. The standard InChI is InChI=1S/C16H22F2N2O3/c1-10(21)7-16(2,3)9-20-14(22)8-19-15(23)11-4-12(17)6-13(18)5-11/h4-6,10,21H,7-9H2,1-3H3,(H,19,23)(H,20,22). The van der Waals surface area contributed by atoms with Crippen molar-refractivity contribution in [1.82, 2.24) is 10.6 Å². The van der Waals surface area contributed by atoms with Crippen molar-refractivity contribution in [2.75, 3.05) is 13.1 Å². The number of amides is 2. The fraction of sp³-hybridized carbons (Fsp3) is 0.500. The zero-order valence-electron chi connectivity index (χ0n) is 13.5. The lowest BCUT2D eigenvalue weighted by atomic mass is 9.87. The second-order valence-corrected chi connectivity index (χ2v) is 6.33. The van der Waals surface area contributed by atoms with Gasteiger partial charge in [0.25, 0.3) is 5.91 Å². The zero-order valence-corrected chi connectivity index (χ0v) is 13.5. The summed E-state index contributed by atoms with van der Waals surface area (Å²) in [6.45, 7) is 5.49. The molecule has 2 amide bonds. The summed E-state index contributed by atoms with van der Waals surface area (Å²) in [5, 5.41) is 14.3. The van der Waals surface area contributed by atoms with E-state index < -0.39 is 29.6 Å². The highest BCUT2D eigenvalue weighted by Gasteiger charge is 2.21. The normalized spacial score (nSPS) is 12.6. The smallest absolute Gasteiger partial charge is 0.251 e. The quantitative estimate of drug-likeness (QED) is 0.711. The Labute approximate surface area is 134 Å². The van der Waals surface area contributed by atoms with Crippen LogP contribution in [0.15, 0.2) is 18.2 Å². The van der Waals surface area contributed by atoms with Gasteiger partial charge in [0.05, 0.1) is 12.6 Å². The Balaban J connectivity index is 2.45. The lowest BCUT2D eigenvalue weighted by molar-refractivity contribution is -0.120. The average molecular weight is 328 g/mol. The van der Waals surface area contributed by atoms with Gasteiger partial charge in [-0.1, -0.05) is 13.8 Å². The number of rotatable bonds is 7. The van der Waals surface area contributed by atoms with E-state index in [0.29, 0.717) is 19.0 Å². The summed E-state index contributed by atoms with van der Waals surface area (Å²) in [7, 11) is 0. The highest BCUT2D eigenvalue weighted by Crippen LogP contribution is 2.20. The van der Waals surface area contributed by atoms with Crippen LogP contribution < -0.4 is 10.6 Å². The Hall–Kier alpha value is -2.02. The summed E-state index contributed by atoms with van der Waals surface area (Å²) in [6.07, 6.45) is 0.0341. The van der Waals surface area contributed by atoms with Crippen LogP contribution in [-0.2, 0) is 4.79 Å². The molecule has 0 aliphatic carbocycles. The maximum atomic E-state index is 13.0. The van der Waals surface area contributed by atoms with E-state index in [2.05, 4.69) is 10.6 Å². The van der Waals surface area contributed by atoms with E-state index >= 15 is 0 Å². The number of halogens is 2. The van der Waals surface area contributed by atoms with Crippen molar-refractivity contribution in [2.45, 2.75) is 33.3 Å². The molecule has 0 heterocycles. The van der Waals surface area contributed by atoms with Gasteiger partial charge < -0.3 is 15.7 Å². The number of carbonyl (C=O) groups excluding carboxylic acids is 2. The first-order valence-corrected chi connectivity index (χ1v) is 7.28. The van der Waals surface area contributed by atoms with E-state index in [-0.39, 0.29) is 17.5 Å². The number of carbonyl (C=O) groups is 2. The predicted octanol–water partition coefficient (Wildman–Crippen LogP) is 1.61. The van der Waals surface area contributed by atoms with Gasteiger partial charge in [-0.15, -0.1) is 0 Å². The average Bonchev–Trinajstić information content (AvgIpc) is 2.40. The van der Waals surface area contributed by atoms with Crippen LogP contribution in [0.3, 0.4) is 0 Å². The molecule has 0 bridgehead atoms. The number of aliphatic hydroxyl groups is 1. The van der Waals surface area contributed by atoms with Crippen LogP contribution in [0.1, 0.15) is 37.6 Å². The largest absolute Gasteiger partial charge is 0.393 e. The third kappa shape index (κ3) is 7.19. The fourth-order valence-corrected chi connectivity index (χ4v) is 2.22. The van der Waals surface area contributed by atoms with Crippen LogP contribution >= 0.6 is 0 Å². The second kappa shape index (κ2) is 8.01. The summed E-state index contributed by atoms with van der Waals surface area (Å²) < 4.78 is 26.0. The number of hydrogen-bond acceptors (Lipinski definition) is 3. The first-order chi connectivity index (χ1) is 10.6. The molecule has 23 heavy (non-hydrogen) atoms. The van der Waals surface area contributed by atoms with Crippen LogP contribution in [0.4, 0.5) is 8.78 Å². The first-order valence-electron chi connectivity index (χ1n) is 7.28. The topological polar surface area (TPSA) is 78.4 Å². The monoisotopic (exact) mass is 328 g/mol. The molecule has 7 heteroatoms. The molecule has 1 rings (SSSR count). The molecule has 0 saturated carbocycles. The Kier molecular flexibility index (Phi) is 6.62. The number of nitrogens with one attached hydrogen (secondary N) is 2. The molecule has 5 nitrogen and oxygen atoms in total. The Bertz CT molecular complexity index is 554. The molecule has 128 valence electrons. The third-order valence-corrected chi connectivity index (χ3v) is 3.15. The molecule has 0 fully saturated rings. The van der Waals surface area contributed by atoms with Crippen molar-refractivity contribution >= 4 is 11.8 Å². The minimum atomic E-state index is -0.862. The van der Waals surface area contributed by atoms with E-state index in [0.717, 1.165) is 12.1 Å². The predicted molar refractivity (Wildman–Crippen MR) is 81.8 cm³/mol. The van der Waals surface area contributed by atoms with Crippen LogP contribution in [0.2, 0.25) is 0 Å². The van der Waals surface area contributed by atoms with Gasteiger partial charge in [0.1, 0.15) is 11.6 Å². The van der Waals surface area contributed by atoms with Crippen molar-refractivity contribution in [3.05, 3.63) is 35.4 Å². The minimum absolute atomic E-state index is 0.190. The van der Waals surface area contributed by atoms with Gasteiger partial charge >= 0.3 is 0 Å². The Morgan fingerprint density at radius 3 is 2.26 bits per heavy atom. The first kappa shape index (κ1) is 19.0. The molecule has 1 atom stereocenters. The number of hydrogen-bond donors (Lipinski definition) is 3. The number of aliphatic hydroxyl groups excluding tert-OH is 1. The van der Waals surface area contributed by atoms with Crippen LogP contribution in [0, 0.1) is 17.0 Å². The van der Waals surface area contributed by atoms with E-state index in [1.165, 1.54) is 0 Å². The molecule has 0 saturated heterocycles.